The number of ether oxygens (including phenoxy) is 2. The Balaban J connectivity index is 1.95. The van der Waals surface area contributed by atoms with Crippen molar-refractivity contribution in [2.75, 3.05) is 19.0 Å². The average Bonchev–Trinajstić information content (AvgIpc) is 2.90. The highest BCUT2D eigenvalue weighted by Crippen LogP contribution is 2.39. The molecule has 38 heavy (non-hydrogen) atoms. The van der Waals surface area contributed by atoms with Gasteiger partial charge < -0.3 is 19.0 Å². The fourth-order valence-electron chi connectivity index (χ4n) is 3.16. The lowest BCUT2D eigenvalue weighted by Crippen LogP contribution is -2.14. The Kier molecular flexibility index (Phi) is 9.06. The molecule has 196 valence electrons. The maximum absolute atomic E-state index is 12.8. The van der Waals surface area contributed by atoms with Crippen molar-refractivity contribution in [3.8, 4) is 23.3 Å². The van der Waals surface area contributed by atoms with Crippen LogP contribution in [0.2, 0.25) is 0 Å². The monoisotopic (exact) mass is 601 g/mol. The number of anilines is 1. The zero-order valence-corrected chi connectivity index (χ0v) is 22.4. The van der Waals surface area contributed by atoms with E-state index in [2.05, 4.69) is 21.2 Å². The summed E-state index contributed by atoms with van der Waals surface area (Å²) in [5.74, 6) is -0.765. The second-order valence-electron chi connectivity index (χ2n) is 7.38. The van der Waals surface area contributed by atoms with Crippen LogP contribution >= 0.6 is 15.9 Å². The van der Waals surface area contributed by atoms with Gasteiger partial charge in [0.15, 0.2) is 11.5 Å². The molecule has 0 heterocycles. The summed E-state index contributed by atoms with van der Waals surface area (Å²) in [5.41, 5.74) is -0.638. The van der Waals surface area contributed by atoms with Gasteiger partial charge in [-0.1, -0.05) is 18.2 Å². The van der Waals surface area contributed by atoms with Gasteiger partial charge in [-0.25, -0.2) is 0 Å². The molecule has 1 N–H and O–H groups in total. The summed E-state index contributed by atoms with van der Waals surface area (Å²) >= 11 is 3.27. The lowest BCUT2D eigenvalue weighted by atomic mass is 10.1. The van der Waals surface area contributed by atoms with Gasteiger partial charge in [-0.15, -0.1) is 0 Å². The van der Waals surface area contributed by atoms with Crippen LogP contribution in [0.15, 0.2) is 75.6 Å². The molecule has 11 nitrogen and oxygen atoms in total. The fourth-order valence-corrected chi connectivity index (χ4v) is 4.79. The number of methoxy groups -OCH3 is 1. The van der Waals surface area contributed by atoms with Crippen LogP contribution in [0.25, 0.3) is 6.08 Å². The van der Waals surface area contributed by atoms with Crippen LogP contribution < -0.4 is 19.0 Å². The van der Waals surface area contributed by atoms with E-state index in [0.717, 1.165) is 6.07 Å². The molecule has 1 amide bonds. The summed E-state index contributed by atoms with van der Waals surface area (Å²) in [6.45, 7) is 1.84. The Morgan fingerprint density at radius 3 is 2.50 bits per heavy atom. The van der Waals surface area contributed by atoms with Crippen molar-refractivity contribution in [2.24, 2.45) is 0 Å². The van der Waals surface area contributed by atoms with E-state index in [0.29, 0.717) is 5.56 Å². The number of nitrogens with zero attached hydrogens (tertiary/aromatic N) is 2. The van der Waals surface area contributed by atoms with E-state index < -0.39 is 26.6 Å². The largest absolute Gasteiger partial charge is 0.496 e. The predicted octanol–water partition coefficient (Wildman–Crippen LogP) is 5.08. The minimum Gasteiger partial charge on any atom is -0.496 e. The number of nitriles is 1. The number of halogens is 1. The maximum atomic E-state index is 12.8. The third kappa shape index (κ3) is 6.67. The molecular weight excluding hydrogens is 582 g/mol. The number of nitro groups is 1. The van der Waals surface area contributed by atoms with Crippen molar-refractivity contribution < 1.29 is 31.8 Å². The molecule has 0 unspecified atom stereocenters. The normalized spacial score (nSPS) is 11.3. The fraction of sp³-hybridized carbons (Fsp3) is 0.120. The lowest BCUT2D eigenvalue weighted by molar-refractivity contribution is -0.384. The van der Waals surface area contributed by atoms with Crippen molar-refractivity contribution >= 4 is 49.4 Å². The van der Waals surface area contributed by atoms with Crippen LogP contribution in [0.1, 0.15) is 12.5 Å². The molecule has 0 aliphatic carbocycles. The Bertz CT molecular complexity index is 1550. The van der Waals surface area contributed by atoms with Crippen LogP contribution in [0.4, 0.5) is 11.4 Å². The topological polar surface area (TPSA) is 158 Å². The molecule has 0 atom stereocenters. The quantitative estimate of drug-likeness (QED) is 0.110. The van der Waals surface area contributed by atoms with Crippen molar-refractivity contribution in [2.45, 2.75) is 11.8 Å². The van der Waals surface area contributed by atoms with Gasteiger partial charge in [-0.05, 0) is 70.9 Å². The molecule has 0 radical (unpaired) electrons. The zero-order valence-electron chi connectivity index (χ0n) is 20.0. The van der Waals surface area contributed by atoms with E-state index in [1.165, 1.54) is 49.6 Å². The third-order valence-corrected chi connectivity index (χ3v) is 6.71. The second-order valence-corrected chi connectivity index (χ2v) is 9.78. The van der Waals surface area contributed by atoms with Crippen LogP contribution in [-0.4, -0.2) is 33.0 Å². The van der Waals surface area contributed by atoms with Gasteiger partial charge in [0.25, 0.3) is 11.6 Å². The van der Waals surface area contributed by atoms with Crippen molar-refractivity contribution in [3.05, 3.63) is 86.4 Å². The van der Waals surface area contributed by atoms with Crippen molar-refractivity contribution in [1.29, 1.82) is 5.26 Å². The third-order valence-electron chi connectivity index (χ3n) is 4.88. The molecule has 0 aromatic heterocycles. The average molecular weight is 602 g/mol. The molecule has 0 aliphatic rings. The summed E-state index contributed by atoms with van der Waals surface area (Å²) in [4.78, 5) is 23.4. The minimum atomic E-state index is -4.19. The summed E-state index contributed by atoms with van der Waals surface area (Å²) in [5, 5.41) is 23.4. The van der Waals surface area contributed by atoms with Crippen LogP contribution in [0.3, 0.4) is 0 Å². The first-order chi connectivity index (χ1) is 18.1. The Labute approximate surface area is 226 Å². The van der Waals surface area contributed by atoms with Gasteiger partial charge in [0.2, 0.25) is 0 Å². The lowest BCUT2D eigenvalue weighted by Gasteiger charge is -2.14. The number of hydrogen-bond donors (Lipinski definition) is 1. The Morgan fingerprint density at radius 2 is 1.89 bits per heavy atom. The first-order valence-corrected chi connectivity index (χ1v) is 13.0. The molecule has 0 fully saturated rings. The summed E-state index contributed by atoms with van der Waals surface area (Å²) < 4.78 is 41.5. The SMILES string of the molecule is CCOc1cc(/C=C(\C#N)C(=O)Nc2ccc(OC)cc2[N+](=O)[O-])cc(Br)c1OS(=O)(=O)c1ccccc1. The van der Waals surface area contributed by atoms with E-state index in [4.69, 9.17) is 13.7 Å². The van der Waals surface area contributed by atoms with E-state index in [9.17, 15) is 28.6 Å². The van der Waals surface area contributed by atoms with Gasteiger partial charge >= 0.3 is 10.1 Å². The molecule has 13 heteroatoms. The van der Waals surface area contributed by atoms with E-state index in [1.807, 2.05) is 0 Å². The molecule has 0 saturated heterocycles. The van der Waals surface area contributed by atoms with Gasteiger partial charge in [-0.2, -0.15) is 13.7 Å². The van der Waals surface area contributed by atoms with Crippen molar-refractivity contribution in [1.82, 2.24) is 0 Å². The minimum absolute atomic E-state index is 0.0381. The molecule has 3 aromatic carbocycles. The molecule has 3 rings (SSSR count). The van der Waals surface area contributed by atoms with Gasteiger partial charge in [0.05, 0.1) is 29.2 Å². The summed E-state index contributed by atoms with van der Waals surface area (Å²) in [6, 6.07) is 16.0. The highest BCUT2D eigenvalue weighted by atomic mass is 79.9. The number of nitrogens with one attached hydrogen (secondary N) is 1. The molecule has 0 saturated carbocycles. The van der Waals surface area contributed by atoms with Gasteiger partial charge in [-0.3, -0.25) is 14.9 Å². The Morgan fingerprint density at radius 1 is 1.18 bits per heavy atom. The van der Waals surface area contributed by atoms with Crippen molar-refractivity contribution in [3.63, 3.8) is 0 Å². The van der Waals surface area contributed by atoms with E-state index >= 15 is 0 Å². The number of nitro benzene ring substituents is 1. The summed E-state index contributed by atoms with van der Waals surface area (Å²) in [7, 11) is -2.84. The standard InChI is InChI=1S/C25H20BrN3O8S/c1-3-36-23-13-16(12-20(26)24(23)37-38(33,34)19-7-5-4-6-8-19)11-17(15-27)25(30)28-21-10-9-18(35-2)14-22(21)29(31)32/h4-14H,3H2,1-2H3,(H,28,30)/b17-11+. The number of carbonyl (C=O) groups is 1. The highest BCUT2D eigenvalue weighted by Gasteiger charge is 2.23. The van der Waals surface area contributed by atoms with Crippen LogP contribution in [0, 0.1) is 21.4 Å². The smallest absolute Gasteiger partial charge is 0.339 e. The molecule has 0 bridgehead atoms. The number of amides is 1. The molecule has 3 aromatic rings. The molecule has 0 aliphatic heterocycles. The van der Waals surface area contributed by atoms with E-state index in [1.54, 1.807) is 31.2 Å². The number of carbonyl (C=O) groups excluding carboxylic acids is 1. The first-order valence-electron chi connectivity index (χ1n) is 10.8. The van der Waals surface area contributed by atoms with Gasteiger partial charge in [0.1, 0.15) is 28.0 Å². The molecule has 0 spiro atoms. The van der Waals surface area contributed by atoms with Crippen LogP contribution in [0.5, 0.6) is 17.2 Å². The highest BCUT2D eigenvalue weighted by molar-refractivity contribution is 9.10. The number of rotatable bonds is 10. The second kappa shape index (κ2) is 12.2. The first kappa shape index (κ1) is 28.2. The van der Waals surface area contributed by atoms with Crippen LogP contribution in [-0.2, 0) is 14.9 Å². The molecular formula is C25H20BrN3O8S. The Hall–Kier alpha value is -4.41. The zero-order chi connectivity index (χ0) is 27.9. The van der Waals surface area contributed by atoms with E-state index in [-0.39, 0.29) is 44.5 Å². The maximum Gasteiger partial charge on any atom is 0.339 e. The number of benzene rings is 3. The summed E-state index contributed by atoms with van der Waals surface area (Å²) in [6.07, 6.45) is 1.22. The number of hydrogen-bond acceptors (Lipinski definition) is 9. The predicted molar refractivity (Wildman–Crippen MR) is 141 cm³/mol. The van der Waals surface area contributed by atoms with Gasteiger partial charge in [0, 0.05) is 0 Å².